The fourth-order valence-corrected chi connectivity index (χ4v) is 16.6. The van der Waals surface area contributed by atoms with Gasteiger partial charge in [-0.1, -0.05) is 121 Å². The summed E-state index contributed by atoms with van der Waals surface area (Å²) in [6, 6.07) is 78.5. The average Bonchev–Trinajstić information content (AvgIpc) is 3.94. The molecule has 0 fully saturated rings. The van der Waals surface area contributed by atoms with E-state index in [9.17, 15) is 0 Å². The third kappa shape index (κ3) is 3.58. The van der Waals surface area contributed by atoms with E-state index in [2.05, 4.69) is 242 Å². The molecule has 4 aliphatic heterocycles. The zero-order valence-electron chi connectivity index (χ0n) is 40.4. The molecule has 0 amide bonds. The van der Waals surface area contributed by atoms with Crippen LogP contribution in [0.3, 0.4) is 0 Å². The molecule has 8 nitrogen and oxygen atoms in total. The Balaban J connectivity index is 1.07. The number of hydrogen-bond donors (Lipinski definition) is 0. The topological polar surface area (TPSA) is 37.4 Å². The highest BCUT2D eigenvalue weighted by Gasteiger charge is 2.49. The lowest BCUT2D eigenvalue weighted by Gasteiger charge is -2.36. The molecule has 0 radical (unpaired) electrons. The quantitative estimate of drug-likeness (QED) is 0.136. The van der Waals surface area contributed by atoms with Crippen LogP contribution in [0.4, 0.5) is 0 Å². The second kappa shape index (κ2) is 11.8. The Bertz CT molecular complexity index is 5570. The van der Waals surface area contributed by atoms with Gasteiger partial charge in [0.05, 0.1) is 77.6 Å². The number of fused-ring (bicyclic) bond motifs is 35. The van der Waals surface area contributed by atoms with Crippen LogP contribution >= 0.6 is 0 Å². The molecule has 10 aromatic carbocycles. The fraction of sp³-hybridized carbons (Fsp3) is 0. The van der Waals surface area contributed by atoms with Gasteiger partial charge in [-0.2, -0.15) is 0 Å². The van der Waals surface area contributed by atoms with Crippen molar-refractivity contribution < 1.29 is 0 Å². The van der Waals surface area contributed by atoms with Crippen molar-refractivity contribution in [2.75, 3.05) is 0 Å². The molecule has 10 heteroatoms. The number of para-hydroxylation sites is 12. The number of imidazole rings is 4. The number of nitrogens with zero attached hydrogens (tertiary/aromatic N) is 8. The van der Waals surface area contributed by atoms with Gasteiger partial charge >= 0.3 is 0 Å². The van der Waals surface area contributed by atoms with E-state index in [0.717, 1.165) is 0 Å². The molecule has 18 aromatic rings. The Morgan fingerprint density at radius 1 is 0.211 bits per heavy atom. The minimum Gasteiger partial charge on any atom is -0.295 e. The van der Waals surface area contributed by atoms with Crippen LogP contribution in [0, 0.1) is 0 Å². The Morgan fingerprint density at radius 2 is 0.447 bits per heavy atom. The minimum atomic E-state index is -0.0729. The Hall–Kier alpha value is -10.1. The van der Waals surface area contributed by atoms with Gasteiger partial charge in [0, 0.05) is 22.1 Å². The van der Waals surface area contributed by atoms with Crippen LogP contribution in [0.2, 0.25) is 0 Å². The van der Waals surface area contributed by atoms with E-state index in [0.29, 0.717) is 0 Å². The number of benzene rings is 10. The summed E-state index contributed by atoms with van der Waals surface area (Å²) in [7, 11) is 0. The predicted octanol–water partition coefficient (Wildman–Crippen LogP) is 10.5. The van der Waals surface area contributed by atoms with Gasteiger partial charge in [0.2, 0.25) is 0 Å². The predicted molar refractivity (Wildman–Crippen MR) is 314 cm³/mol. The van der Waals surface area contributed by atoms with Gasteiger partial charge in [-0.15, -0.1) is 0 Å². The number of rotatable bonds is 0. The van der Waals surface area contributed by atoms with Crippen LogP contribution in [0.15, 0.2) is 206 Å². The summed E-state index contributed by atoms with van der Waals surface area (Å²) >= 11 is 0. The lowest BCUT2D eigenvalue weighted by atomic mass is 9.33. The summed E-state index contributed by atoms with van der Waals surface area (Å²) in [5.74, 6) is 0. The summed E-state index contributed by atoms with van der Waals surface area (Å²) in [6.45, 7) is -0.146. The molecule has 4 aliphatic rings. The first kappa shape index (κ1) is 36.8. The molecule has 8 aromatic heterocycles. The Labute approximate surface area is 430 Å². The number of aromatic nitrogens is 8. The summed E-state index contributed by atoms with van der Waals surface area (Å²) in [4.78, 5) is 0. The molecule has 12 heterocycles. The van der Waals surface area contributed by atoms with E-state index in [-0.39, 0.29) is 13.4 Å². The third-order valence-electron chi connectivity index (χ3n) is 18.9. The summed E-state index contributed by atoms with van der Waals surface area (Å²) in [5.41, 5.74) is 32.9. The molecule has 22 rings (SSSR count). The van der Waals surface area contributed by atoms with Crippen LogP contribution in [-0.2, 0) is 0 Å². The molecule has 0 saturated heterocycles. The zero-order valence-corrected chi connectivity index (χ0v) is 40.4. The van der Waals surface area contributed by atoms with Gasteiger partial charge in [-0.05, 0) is 139 Å². The zero-order chi connectivity index (χ0) is 48.3. The van der Waals surface area contributed by atoms with E-state index >= 15 is 0 Å². The largest absolute Gasteiger partial charge is 0.295 e. The number of hydrogen-bond acceptors (Lipinski definition) is 0. The van der Waals surface area contributed by atoms with Crippen LogP contribution in [0.1, 0.15) is 0 Å². The van der Waals surface area contributed by atoms with E-state index in [1.54, 1.807) is 0 Å². The highest BCUT2D eigenvalue weighted by atomic mass is 15.2. The van der Waals surface area contributed by atoms with Crippen molar-refractivity contribution in [3.05, 3.63) is 206 Å². The maximum absolute atomic E-state index is 2.69. The Morgan fingerprint density at radius 3 is 0.750 bits per heavy atom. The van der Waals surface area contributed by atoms with Crippen molar-refractivity contribution in [2.45, 2.75) is 0 Å². The van der Waals surface area contributed by atoms with Crippen molar-refractivity contribution in [3.8, 4) is 22.7 Å². The average molecular weight is 961 g/mol. The van der Waals surface area contributed by atoms with Crippen LogP contribution in [0.5, 0.6) is 0 Å². The van der Waals surface area contributed by atoms with Crippen molar-refractivity contribution in [2.24, 2.45) is 0 Å². The normalized spacial score (nSPS) is 14.0. The molecule has 76 heavy (non-hydrogen) atoms. The maximum atomic E-state index is 2.69. The van der Waals surface area contributed by atoms with Gasteiger partial charge < -0.3 is 0 Å². The van der Waals surface area contributed by atoms with Gasteiger partial charge in [-0.3, -0.25) is 35.9 Å². The minimum absolute atomic E-state index is 0.0729. The smallest absolute Gasteiger partial charge is 0.258 e. The van der Waals surface area contributed by atoms with Crippen LogP contribution < -0.4 is 32.8 Å². The van der Waals surface area contributed by atoms with Gasteiger partial charge in [0.15, 0.2) is 0 Å². The standard InChI is InChI=1S/C66H34B2N8/c1-5-21-41-35(17-1)55-63-69(41)45-25-9-11-27-47(45)73(63)53-33-40-39(61-59(53)67(55)57-37-19-3-7-23-43(37)71-49-29-13-15-31-51(49)75(61)65(57)71)34-54-60-62(40)76-52-32-16-14-30-50(52)72-44-24-8-4-20-38(44)58(66(72)76)68(60)56-36-18-2-6-22-42(36)70-46-26-10-12-28-48(46)74(54)64(56)70/h1-34H. The second-order valence-corrected chi connectivity index (χ2v) is 21.9. The monoisotopic (exact) mass is 960 g/mol. The van der Waals surface area contributed by atoms with Crippen LogP contribution in [0.25, 0.3) is 144 Å². The summed E-state index contributed by atoms with van der Waals surface area (Å²) in [5, 5.41) is 7.72. The van der Waals surface area contributed by atoms with Crippen molar-refractivity contribution in [1.29, 1.82) is 0 Å². The molecule has 344 valence electrons. The molecular formula is C66H34B2N8. The van der Waals surface area contributed by atoms with E-state index in [1.165, 1.54) is 177 Å². The molecule has 0 unspecified atom stereocenters. The fourth-order valence-electron chi connectivity index (χ4n) is 16.6. The van der Waals surface area contributed by atoms with Gasteiger partial charge in [0.25, 0.3) is 13.4 Å². The van der Waals surface area contributed by atoms with Gasteiger partial charge in [-0.25, -0.2) is 0 Å². The molecule has 0 spiro atoms. The molecular weight excluding hydrogens is 926 g/mol. The highest BCUT2D eigenvalue weighted by Crippen LogP contribution is 2.47. The molecule has 0 aliphatic carbocycles. The van der Waals surface area contributed by atoms with Crippen molar-refractivity contribution in [1.82, 2.24) is 35.9 Å². The Kier molecular flexibility index (Phi) is 5.72. The second-order valence-electron chi connectivity index (χ2n) is 21.9. The first-order valence-electron chi connectivity index (χ1n) is 26.6. The van der Waals surface area contributed by atoms with Crippen molar-refractivity contribution in [3.63, 3.8) is 0 Å². The summed E-state index contributed by atoms with van der Waals surface area (Å²) < 4.78 is 21.0. The maximum Gasteiger partial charge on any atom is 0.258 e. The van der Waals surface area contributed by atoms with Crippen molar-refractivity contribution >= 4 is 167 Å². The molecule has 0 atom stereocenters. The van der Waals surface area contributed by atoms with Crippen LogP contribution in [-0.4, -0.2) is 49.3 Å². The first-order chi connectivity index (χ1) is 37.8. The first-order valence-corrected chi connectivity index (χ1v) is 26.6. The van der Waals surface area contributed by atoms with E-state index in [1.807, 2.05) is 0 Å². The van der Waals surface area contributed by atoms with E-state index < -0.39 is 0 Å². The SMILES string of the molecule is c1ccc2c(c1)c1c3n(c4ccccc4n23)-c2cc3c4c5c(cc3c3c2B1c1c2ccccc2n2c6ccccc6n-3c12)-n1c2ccccc2n2c3ccccc3c(c12)B5c1c2ccccc2n2c3ccccc3n-4c12. The highest BCUT2D eigenvalue weighted by molar-refractivity contribution is 7.04. The third-order valence-corrected chi connectivity index (χ3v) is 18.9. The lowest BCUT2D eigenvalue weighted by Crippen LogP contribution is -2.60. The molecule has 0 N–H and O–H groups in total. The lowest BCUT2D eigenvalue weighted by molar-refractivity contribution is 1.11. The molecule has 0 bridgehead atoms. The van der Waals surface area contributed by atoms with Gasteiger partial charge in [0.1, 0.15) is 22.6 Å². The summed E-state index contributed by atoms with van der Waals surface area (Å²) in [6.07, 6.45) is 0. The molecule has 0 saturated carbocycles. The van der Waals surface area contributed by atoms with E-state index in [4.69, 9.17) is 0 Å².